The summed E-state index contributed by atoms with van der Waals surface area (Å²) in [6.07, 6.45) is 3.66. The number of nitrogens with one attached hydrogen (secondary N) is 1. The molecule has 4 aromatic rings. The number of aromatic nitrogens is 2. The number of benzene rings is 2. The number of carbonyl (C=O) groups is 2. The molecule has 0 bridgehead atoms. The van der Waals surface area contributed by atoms with Crippen LogP contribution >= 0.6 is 0 Å². The Morgan fingerprint density at radius 3 is 1.92 bits per heavy atom. The Morgan fingerprint density at radius 1 is 0.831 bits per heavy atom. The number of aliphatic hydroxyl groups is 4. The van der Waals surface area contributed by atoms with E-state index >= 15 is 0 Å². The first-order chi connectivity index (χ1) is 28.1. The van der Waals surface area contributed by atoms with Crippen LogP contribution in [-0.4, -0.2) is 107 Å². The summed E-state index contributed by atoms with van der Waals surface area (Å²) in [4.78, 5) is 33.8. The molecule has 1 unspecified atom stereocenters. The molecule has 0 aliphatic carbocycles. The third kappa shape index (κ3) is 12.5. The lowest BCUT2D eigenvalue weighted by Gasteiger charge is -2.39. The second-order valence-electron chi connectivity index (χ2n) is 14.1. The molecule has 3 heterocycles. The SMILES string of the molecule is COC(=O)[C@H](Cc1cc(/C=C/c2ccncc2)c(OS(=O)(=O)Oc2ccccc2OC2O[C@H](CO)[C@H](O)[C@H](O)[C@H]2O)c(/C=C/c2ccncc2)c1)NC(=O)OC(C)(C)C. The number of para-hydroxylation sites is 2. The Bertz CT molecular complexity index is 2140. The lowest BCUT2D eigenvalue weighted by Crippen LogP contribution is -2.60. The molecule has 1 aliphatic heterocycles. The van der Waals surface area contributed by atoms with Crippen LogP contribution in [-0.2, 0) is 35.8 Å². The van der Waals surface area contributed by atoms with Gasteiger partial charge in [0.25, 0.3) is 0 Å². The van der Waals surface area contributed by atoms with Gasteiger partial charge in [-0.3, -0.25) is 9.97 Å². The number of methoxy groups -OCH3 is 1. The molecule has 1 saturated heterocycles. The Hall–Kier alpha value is -5.89. The number of amides is 1. The van der Waals surface area contributed by atoms with Gasteiger partial charge in [-0.15, -0.1) is 8.42 Å². The Kier molecular flexibility index (Phi) is 14.8. The Balaban J connectivity index is 1.56. The smallest absolute Gasteiger partial charge is 0.467 e. The number of alkyl carbamates (subject to hydrolysis) is 1. The van der Waals surface area contributed by atoms with Gasteiger partial charge in [-0.2, -0.15) is 0 Å². The van der Waals surface area contributed by atoms with Crippen molar-refractivity contribution in [1.82, 2.24) is 15.3 Å². The second kappa shape index (κ2) is 19.7. The number of aliphatic hydroxyl groups excluding tert-OH is 4. The largest absolute Gasteiger partial charge is 0.501 e. The third-order valence-corrected chi connectivity index (χ3v) is 9.22. The van der Waals surface area contributed by atoms with Crippen molar-refractivity contribution in [2.24, 2.45) is 0 Å². The van der Waals surface area contributed by atoms with Gasteiger partial charge in [0.05, 0.1) is 13.7 Å². The molecular weight excluding hydrogens is 791 g/mol. The molecule has 2 aromatic carbocycles. The van der Waals surface area contributed by atoms with Gasteiger partial charge in [-0.25, -0.2) is 9.59 Å². The summed E-state index contributed by atoms with van der Waals surface area (Å²) in [5.74, 6) is -1.63. The lowest BCUT2D eigenvalue weighted by atomic mass is 9.97. The average molecular weight is 836 g/mol. The first-order valence-electron chi connectivity index (χ1n) is 18.2. The van der Waals surface area contributed by atoms with Crippen LogP contribution in [0.1, 0.15) is 48.6 Å². The minimum absolute atomic E-state index is 0.121. The summed E-state index contributed by atoms with van der Waals surface area (Å²) < 4.78 is 60.4. The number of rotatable bonds is 15. The number of hydrogen-bond acceptors (Lipinski definition) is 16. The summed E-state index contributed by atoms with van der Waals surface area (Å²) in [7, 11) is -3.87. The predicted octanol–water partition coefficient (Wildman–Crippen LogP) is 3.31. The van der Waals surface area contributed by atoms with Gasteiger partial charge in [-0.1, -0.05) is 36.4 Å². The van der Waals surface area contributed by atoms with Crippen molar-refractivity contribution >= 4 is 46.8 Å². The lowest BCUT2D eigenvalue weighted by molar-refractivity contribution is -0.277. The van der Waals surface area contributed by atoms with E-state index in [4.69, 9.17) is 27.3 Å². The molecule has 2 aromatic heterocycles. The minimum Gasteiger partial charge on any atom is -0.467 e. The van der Waals surface area contributed by atoms with Crippen LogP contribution in [0.3, 0.4) is 0 Å². The maximum atomic E-state index is 13.9. The van der Waals surface area contributed by atoms with Crippen molar-refractivity contribution in [2.75, 3.05) is 13.7 Å². The molecule has 6 atom stereocenters. The minimum atomic E-state index is -5.05. The zero-order valence-corrected chi connectivity index (χ0v) is 33.3. The molecule has 0 saturated carbocycles. The molecule has 5 N–H and O–H groups in total. The van der Waals surface area contributed by atoms with Gasteiger partial charge in [0, 0.05) is 42.3 Å². The number of carbonyl (C=O) groups excluding carboxylic acids is 2. The number of ether oxygens (including phenoxy) is 4. The highest BCUT2D eigenvalue weighted by molar-refractivity contribution is 7.82. The first kappa shape index (κ1) is 44.2. The maximum absolute atomic E-state index is 13.9. The summed E-state index contributed by atoms with van der Waals surface area (Å²) in [6.45, 7) is 4.30. The highest BCUT2D eigenvalue weighted by Crippen LogP contribution is 2.35. The summed E-state index contributed by atoms with van der Waals surface area (Å²) in [6, 6.07) is 14.2. The van der Waals surface area contributed by atoms with Gasteiger partial charge in [0.1, 0.15) is 36.1 Å². The summed E-state index contributed by atoms with van der Waals surface area (Å²) >= 11 is 0. The fourth-order valence-electron chi connectivity index (χ4n) is 5.68. The molecule has 314 valence electrons. The van der Waals surface area contributed by atoms with Crippen molar-refractivity contribution in [3.63, 3.8) is 0 Å². The van der Waals surface area contributed by atoms with E-state index in [2.05, 4.69) is 15.3 Å². The number of esters is 1. The van der Waals surface area contributed by atoms with Crippen LogP contribution in [0.25, 0.3) is 24.3 Å². The van der Waals surface area contributed by atoms with Gasteiger partial charge >= 0.3 is 22.5 Å². The monoisotopic (exact) mass is 835 g/mol. The number of nitrogens with zero attached hydrogens (tertiary/aromatic N) is 2. The van der Waals surface area contributed by atoms with Crippen molar-refractivity contribution in [3.05, 3.63) is 113 Å². The van der Waals surface area contributed by atoms with E-state index in [1.807, 2.05) is 0 Å². The van der Waals surface area contributed by atoms with Crippen LogP contribution in [0.4, 0.5) is 4.79 Å². The van der Waals surface area contributed by atoms with Gasteiger partial charge < -0.3 is 53.1 Å². The van der Waals surface area contributed by atoms with E-state index in [-0.39, 0.29) is 29.0 Å². The van der Waals surface area contributed by atoms with Crippen LogP contribution in [0.15, 0.2) is 85.5 Å². The van der Waals surface area contributed by atoms with Crippen molar-refractivity contribution in [1.29, 1.82) is 0 Å². The molecule has 17 nitrogen and oxygen atoms in total. The summed E-state index contributed by atoms with van der Waals surface area (Å²) in [5.41, 5.74) is 1.38. The Labute approximate surface area is 340 Å². The van der Waals surface area contributed by atoms with Gasteiger partial charge in [-0.05, 0) is 86.0 Å². The first-order valence-corrected chi connectivity index (χ1v) is 19.5. The van der Waals surface area contributed by atoms with E-state index in [0.717, 1.165) is 0 Å². The highest BCUT2D eigenvalue weighted by atomic mass is 32.3. The predicted molar refractivity (Wildman–Crippen MR) is 213 cm³/mol. The quantitative estimate of drug-likeness (QED) is 0.108. The molecule has 0 spiro atoms. The maximum Gasteiger partial charge on any atom is 0.501 e. The van der Waals surface area contributed by atoms with Crippen LogP contribution in [0.2, 0.25) is 0 Å². The standard InChI is InChI=1S/C41H45N3O14S/c1-41(2,3)56-40(50)44-30(38(49)53-4)23-27-21-28(11-9-25-13-17-42-18-14-25)37(29(22-27)12-10-26-15-19-43-20-16-26)58-59(51,52)57-32-8-6-5-7-31(32)54-39-36(48)35(47)34(46)33(24-45)55-39/h5-22,30,33-36,39,45-48H,23-24H2,1-4H3,(H,44,50)/b11-9+,12-10+/t30-,33+,34-,35-,36+,39?/m0/s1. The topological polar surface area (TPSA) is 242 Å². The fourth-order valence-corrected chi connectivity index (χ4v) is 6.47. The fraction of sp³-hybridized carbons (Fsp3) is 0.317. The molecular formula is C41H45N3O14S. The van der Waals surface area contributed by atoms with Crippen molar-refractivity contribution in [2.45, 2.75) is 69.5 Å². The molecule has 1 fully saturated rings. The Morgan fingerprint density at radius 2 is 1.39 bits per heavy atom. The summed E-state index contributed by atoms with van der Waals surface area (Å²) in [5, 5.41) is 43.1. The van der Waals surface area contributed by atoms with Crippen molar-refractivity contribution in [3.8, 4) is 17.2 Å². The van der Waals surface area contributed by atoms with E-state index in [1.54, 1.807) is 106 Å². The highest BCUT2D eigenvalue weighted by Gasteiger charge is 2.45. The second-order valence-corrected chi connectivity index (χ2v) is 15.2. The average Bonchev–Trinajstić information content (AvgIpc) is 3.20. The molecule has 59 heavy (non-hydrogen) atoms. The number of hydrogen-bond donors (Lipinski definition) is 5. The van der Waals surface area contributed by atoms with Crippen molar-refractivity contribution < 1.29 is 65.7 Å². The third-order valence-electron chi connectivity index (χ3n) is 8.46. The molecule has 1 amide bonds. The van der Waals surface area contributed by atoms with E-state index in [9.17, 15) is 38.4 Å². The normalized spacial score (nSPS) is 20.2. The zero-order chi connectivity index (χ0) is 42.7. The molecule has 18 heteroatoms. The van der Waals surface area contributed by atoms with Gasteiger partial charge in [0.15, 0.2) is 17.2 Å². The van der Waals surface area contributed by atoms with Crippen LogP contribution in [0.5, 0.6) is 17.2 Å². The van der Waals surface area contributed by atoms with E-state index < -0.39 is 77.2 Å². The molecule has 1 aliphatic rings. The molecule has 0 radical (unpaired) electrons. The molecule has 5 rings (SSSR count). The van der Waals surface area contributed by atoms with Crippen LogP contribution < -0.4 is 18.4 Å². The zero-order valence-electron chi connectivity index (χ0n) is 32.4. The van der Waals surface area contributed by atoms with Gasteiger partial charge in [0.2, 0.25) is 6.29 Å². The van der Waals surface area contributed by atoms with Crippen LogP contribution in [0, 0.1) is 0 Å². The van der Waals surface area contributed by atoms with E-state index in [1.165, 1.54) is 31.4 Å². The number of pyridine rings is 2. The van der Waals surface area contributed by atoms with E-state index in [0.29, 0.717) is 16.7 Å².